The number of hydrogen-bond acceptors (Lipinski definition) is 3. The molecule has 94 valence electrons. The molecule has 0 spiro atoms. The van der Waals surface area contributed by atoms with Crippen molar-refractivity contribution in [1.82, 2.24) is 0 Å². The molecule has 0 aliphatic carbocycles. The highest BCUT2D eigenvalue weighted by molar-refractivity contribution is 9.08. The zero-order valence-electron chi connectivity index (χ0n) is 9.86. The first kappa shape index (κ1) is 13.0. The molecule has 1 aliphatic heterocycles. The lowest BCUT2D eigenvalue weighted by atomic mass is 9.85. The Morgan fingerprint density at radius 3 is 3.12 bits per heavy atom. The molecule has 1 fully saturated rings. The van der Waals surface area contributed by atoms with Gasteiger partial charge < -0.3 is 14.6 Å². The van der Waals surface area contributed by atoms with Gasteiger partial charge in [-0.1, -0.05) is 40.2 Å². The Morgan fingerprint density at radius 2 is 2.41 bits per heavy atom. The molecule has 17 heavy (non-hydrogen) atoms. The van der Waals surface area contributed by atoms with E-state index in [1.54, 1.807) is 7.11 Å². The number of halogens is 1. The third kappa shape index (κ3) is 2.88. The lowest BCUT2D eigenvalue weighted by Crippen LogP contribution is -2.39. The number of aliphatic hydroxyl groups is 1. The van der Waals surface area contributed by atoms with E-state index >= 15 is 0 Å². The van der Waals surface area contributed by atoms with Crippen LogP contribution in [0.5, 0.6) is 0 Å². The van der Waals surface area contributed by atoms with Crippen molar-refractivity contribution in [2.45, 2.75) is 30.1 Å². The molecule has 0 bridgehead atoms. The Bertz CT molecular complexity index is 383. The summed E-state index contributed by atoms with van der Waals surface area (Å²) in [5.41, 5.74) is 1.27. The van der Waals surface area contributed by atoms with E-state index in [4.69, 9.17) is 9.47 Å². The summed E-state index contributed by atoms with van der Waals surface area (Å²) < 4.78 is 10.6. The largest absolute Gasteiger partial charge is 0.385 e. The van der Waals surface area contributed by atoms with Crippen LogP contribution in [0.25, 0.3) is 0 Å². The van der Waals surface area contributed by atoms with Crippen molar-refractivity contribution in [3.05, 3.63) is 35.4 Å². The summed E-state index contributed by atoms with van der Waals surface area (Å²) in [4.78, 5) is 0. The average molecular weight is 301 g/mol. The number of alkyl halides is 1. The van der Waals surface area contributed by atoms with Crippen LogP contribution in [0, 0.1) is 0 Å². The summed E-state index contributed by atoms with van der Waals surface area (Å²) in [6.07, 6.45) is 0.773. The molecule has 0 unspecified atom stereocenters. The highest BCUT2D eigenvalue weighted by atomic mass is 79.9. The summed E-state index contributed by atoms with van der Waals surface area (Å²) >= 11 is 3.43. The molecule has 0 radical (unpaired) electrons. The van der Waals surface area contributed by atoms with Crippen LogP contribution in [0.1, 0.15) is 24.0 Å². The fourth-order valence-corrected chi connectivity index (χ4v) is 2.50. The summed E-state index contributed by atoms with van der Waals surface area (Å²) in [6.45, 7) is 0.521. The van der Waals surface area contributed by atoms with Gasteiger partial charge in [0, 0.05) is 25.3 Å². The molecule has 1 N–H and O–H groups in total. The predicted molar refractivity (Wildman–Crippen MR) is 69.0 cm³/mol. The molecule has 1 heterocycles. The molecule has 4 heteroatoms. The summed E-state index contributed by atoms with van der Waals surface area (Å²) in [5, 5.41) is 11.5. The van der Waals surface area contributed by atoms with Crippen LogP contribution in [-0.2, 0) is 20.4 Å². The van der Waals surface area contributed by atoms with E-state index in [1.165, 1.54) is 0 Å². The monoisotopic (exact) mass is 300 g/mol. The highest BCUT2D eigenvalue weighted by Gasteiger charge is 2.36. The second kappa shape index (κ2) is 5.48. The third-order valence-electron chi connectivity index (χ3n) is 3.21. The van der Waals surface area contributed by atoms with E-state index < -0.39 is 5.60 Å². The molecular weight excluding hydrogens is 284 g/mol. The van der Waals surface area contributed by atoms with E-state index in [1.807, 2.05) is 24.3 Å². The number of benzene rings is 1. The number of methoxy groups -OCH3 is 1. The highest BCUT2D eigenvalue weighted by Crippen LogP contribution is 2.35. The topological polar surface area (TPSA) is 38.7 Å². The van der Waals surface area contributed by atoms with Gasteiger partial charge >= 0.3 is 0 Å². The van der Waals surface area contributed by atoms with Gasteiger partial charge in [-0.2, -0.15) is 0 Å². The van der Waals surface area contributed by atoms with Crippen molar-refractivity contribution < 1.29 is 14.6 Å². The Kier molecular flexibility index (Phi) is 4.20. The first-order valence-corrected chi connectivity index (χ1v) is 6.82. The Morgan fingerprint density at radius 1 is 1.59 bits per heavy atom. The Balaban J connectivity index is 2.23. The minimum Gasteiger partial charge on any atom is -0.385 e. The Hall–Kier alpha value is -0.420. The first-order valence-electron chi connectivity index (χ1n) is 5.70. The maximum absolute atomic E-state index is 10.7. The Labute approximate surface area is 110 Å². The molecule has 3 nitrogen and oxygen atoms in total. The maximum Gasteiger partial charge on any atom is 0.160 e. The van der Waals surface area contributed by atoms with Gasteiger partial charge in [-0.15, -0.1) is 0 Å². The van der Waals surface area contributed by atoms with E-state index in [-0.39, 0.29) is 6.29 Å². The normalized spacial score (nSPS) is 29.2. The van der Waals surface area contributed by atoms with E-state index in [0.29, 0.717) is 19.4 Å². The maximum atomic E-state index is 10.7. The molecule has 1 aliphatic rings. The average Bonchev–Trinajstić information content (AvgIpc) is 2.39. The van der Waals surface area contributed by atoms with Crippen molar-refractivity contribution in [2.24, 2.45) is 0 Å². The van der Waals surface area contributed by atoms with Gasteiger partial charge in [-0.3, -0.25) is 0 Å². The molecular formula is C13H17BrO3. The lowest BCUT2D eigenvalue weighted by Gasteiger charge is -2.36. The summed E-state index contributed by atoms with van der Waals surface area (Å²) in [5.74, 6) is 0. The first-order chi connectivity index (χ1) is 8.18. The zero-order valence-corrected chi connectivity index (χ0v) is 11.4. The molecule has 2 atom stereocenters. The number of ether oxygens (including phenoxy) is 2. The fourth-order valence-electron chi connectivity index (χ4n) is 2.15. The zero-order chi connectivity index (χ0) is 12.3. The van der Waals surface area contributed by atoms with Crippen molar-refractivity contribution in [3.63, 3.8) is 0 Å². The molecule has 1 aromatic carbocycles. The second-order valence-corrected chi connectivity index (χ2v) is 4.92. The van der Waals surface area contributed by atoms with Crippen molar-refractivity contribution >= 4 is 15.9 Å². The second-order valence-electron chi connectivity index (χ2n) is 4.36. The van der Waals surface area contributed by atoms with Crippen LogP contribution in [0.15, 0.2) is 24.3 Å². The van der Waals surface area contributed by atoms with Gasteiger partial charge in [-0.05, 0) is 11.1 Å². The molecule has 2 rings (SSSR count). The van der Waals surface area contributed by atoms with Crippen LogP contribution in [0.2, 0.25) is 0 Å². The van der Waals surface area contributed by atoms with Crippen LogP contribution in [0.3, 0.4) is 0 Å². The third-order valence-corrected chi connectivity index (χ3v) is 3.85. The van der Waals surface area contributed by atoms with Crippen molar-refractivity contribution in [1.29, 1.82) is 0 Å². The van der Waals surface area contributed by atoms with Crippen LogP contribution < -0.4 is 0 Å². The van der Waals surface area contributed by atoms with Crippen LogP contribution >= 0.6 is 15.9 Å². The van der Waals surface area contributed by atoms with E-state index in [9.17, 15) is 5.11 Å². The van der Waals surface area contributed by atoms with Gasteiger partial charge in [0.1, 0.15) is 0 Å². The van der Waals surface area contributed by atoms with Crippen LogP contribution in [-0.4, -0.2) is 25.1 Å². The molecule has 0 amide bonds. The SMILES string of the molecule is CO[C@@H]1C[C@](O)(c2cccc(CBr)c2)CCO1. The number of rotatable bonds is 3. The molecule has 0 aromatic heterocycles. The van der Waals surface area contributed by atoms with Crippen LogP contribution in [0.4, 0.5) is 0 Å². The van der Waals surface area contributed by atoms with Gasteiger partial charge in [0.15, 0.2) is 6.29 Å². The van der Waals surface area contributed by atoms with Gasteiger partial charge in [-0.25, -0.2) is 0 Å². The smallest absolute Gasteiger partial charge is 0.160 e. The van der Waals surface area contributed by atoms with Crippen molar-refractivity contribution in [2.75, 3.05) is 13.7 Å². The van der Waals surface area contributed by atoms with Crippen molar-refractivity contribution in [3.8, 4) is 0 Å². The van der Waals surface area contributed by atoms with Gasteiger partial charge in [0.2, 0.25) is 0 Å². The standard InChI is InChI=1S/C13H17BrO3/c1-16-12-8-13(15,5-6-17-12)11-4-2-3-10(7-11)9-14/h2-4,7,12,15H,5-6,8-9H2,1H3/t12-,13-/m0/s1. The molecule has 0 saturated carbocycles. The van der Waals surface area contributed by atoms with E-state index in [2.05, 4.69) is 15.9 Å². The van der Waals surface area contributed by atoms with Gasteiger partial charge in [0.25, 0.3) is 0 Å². The quantitative estimate of drug-likeness (QED) is 0.872. The van der Waals surface area contributed by atoms with Gasteiger partial charge in [0.05, 0.1) is 12.2 Å². The minimum absolute atomic E-state index is 0.318. The van der Waals surface area contributed by atoms with E-state index in [0.717, 1.165) is 16.5 Å². The molecule has 1 saturated heterocycles. The minimum atomic E-state index is -0.836. The molecule has 1 aromatic rings. The lowest BCUT2D eigenvalue weighted by molar-refractivity contribution is -0.202. The summed E-state index contributed by atoms with van der Waals surface area (Å²) in [7, 11) is 1.60. The predicted octanol–water partition coefficient (Wildman–Crippen LogP) is 2.55. The summed E-state index contributed by atoms with van der Waals surface area (Å²) in [6, 6.07) is 8.01. The number of hydrogen-bond donors (Lipinski definition) is 1. The fraction of sp³-hybridized carbons (Fsp3) is 0.538.